The lowest BCUT2D eigenvalue weighted by Crippen LogP contribution is -2.28. The topological polar surface area (TPSA) is 70.4 Å². The summed E-state index contributed by atoms with van der Waals surface area (Å²) in [6, 6.07) is 5.94. The molecule has 0 atom stereocenters. The van der Waals surface area contributed by atoms with Crippen LogP contribution in [0.1, 0.15) is 37.6 Å². The molecule has 5 nitrogen and oxygen atoms in total. The molecule has 0 unspecified atom stereocenters. The number of carbonyl (C=O) groups excluding carboxylic acids is 1. The smallest absolute Gasteiger partial charge is 0.251 e. The Morgan fingerprint density at radius 1 is 1.38 bits per heavy atom. The summed E-state index contributed by atoms with van der Waals surface area (Å²) in [6.45, 7) is 8.79. The lowest BCUT2D eigenvalue weighted by Gasteiger charge is -2.21. The third-order valence-corrected chi connectivity index (χ3v) is 3.54. The lowest BCUT2D eigenvalue weighted by atomic mass is 10.1. The van der Waals surface area contributed by atoms with Crippen molar-refractivity contribution in [3.05, 3.63) is 23.8 Å². The minimum atomic E-state index is -0.0886. The minimum Gasteiger partial charge on any atom is -0.397 e. The Balaban J connectivity index is 2.48. The van der Waals surface area contributed by atoms with E-state index in [0.29, 0.717) is 23.8 Å². The van der Waals surface area contributed by atoms with Gasteiger partial charge in [0.25, 0.3) is 5.91 Å². The fraction of sp³-hybridized carbons (Fsp3) is 0.562. The largest absolute Gasteiger partial charge is 0.397 e. The van der Waals surface area contributed by atoms with Crippen LogP contribution in [0.2, 0.25) is 0 Å². The van der Waals surface area contributed by atoms with Crippen molar-refractivity contribution in [2.45, 2.75) is 33.2 Å². The molecule has 0 heterocycles. The van der Waals surface area contributed by atoms with Crippen LogP contribution in [0, 0.1) is 0 Å². The number of nitrogens with zero attached hydrogens (tertiary/aromatic N) is 1. The maximum Gasteiger partial charge on any atom is 0.251 e. The van der Waals surface area contributed by atoms with E-state index in [1.165, 1.54) is 0 Å². The Kier molecular flexibility index (Phi) is 7.02. The molecule has 5 heteroatoms. The molecule has 1 aromatic rings. The zero-order valence-electron chi connectivity index (χ0n) is 13.6. The molecule has 0 aromatic heterocycles. The van der Waals surface area contributed by atoms with Crippen LogP contribution in [-0.2, 0) is 0 Å². The van der Waals surface area contributed by atoms with Gasteiger partial charge in [-0.1, -0.05) is 0 Å². The van der Waals surface area contributed by atoms with Crippen LogP contribution < -0.4 is 16.4 Å². The van der Waals surface area contributed by atoms with E-state index in [9.17, 15) is 4.79 Å². The van der Waals surface area contributed by atoms with Crippen LogP contribution in [0.25, 0.3) is 0 Å². The van der Waals surface area contributed by atoms with Gasteiger partial charge in [-0.15, -0.1) is 0 Å². The Morgan fingerprint density at radius 3 is 2.67 bits per heavy atom. The van der Waals surface area contributed by atoms with Gasteiger partial charge in [-0.25, -0.2) is 0 Å². The van der Waals surface area contributed by atoms with Crippen LogP contribution in [0.5, 0.6) is 0 Å². The van der Waals surface area contributed by atoms with E-state index in [0.717, 1.165) is 25.2 Å². The number of rotatable bonds is 8. The van der Waals surface area contributed by atoms with E-state index in [1.807, 2.05) is 13.0 Å². The predicted octanol–water partition coefficient (Wildman–Crippen LogP) is 2.16. The molecule has 0 spiro atoms. The van der Waals surface area contributed by atoms with Gasteiger partial charge >= 0.3 is 0 Å². The van der Waals surface area contributed by atoms with Crippen molar-refractivity contribution in [2.75, 3.05) is 37.7 Å². The van der Waals surface area contributed by atoms with Crippen molar-refractivity contribution < 1.29 is 4.79 Å². The second-order valence-electron chi connectivity index (χ2n) is 5.52. The van der Waals surface area contributed by atoms with Gasteiger partial charge in [0, 0.05) is 24.7 Å². The second kappa shape index (κ2) is 8.52. The van der Waals surface area contributed by atoms with Gasteiger partial charge in [0.1, 0.15) is 0 Å². The van der Waals surface area contributed by atoms with Crippen LogP contribution in [0.3, 0.4) is 0 Å². The Labute approximate surface area is 127 Å². The number of nitrogen functional groups attached to an aromatic ring is 1. The number of amides is 1. The standard InChI is InChI=1S/C16H28N4O/c1-5-18-16(21)13-7-8-15(14(17)11-13)19-9-6-10-20(4)12(2)3/h7-8,11-12,19H,5-6,9-10,17H2,1-4H3,(H,18,21). The fourth-order valence-corrected chi connectivity index (χ4v) is 1.94. The first-order valence-electron chi connectivity index (χ1n) is 7.57. The predicted molar refractivity (Wildman–Crippen MR) is 89.7 cm³/mol. The molecule has 0 saturated heterocycles. The van der Waals surface area contributed by atoms with Crippen LogP contribution in [0.4, 0.5) is 11.4 Å². The lowest BCUT2D eigenvalue weighted by molar-refractivity contribution is 0.0956. The fourth-order valence-electron chi connectivity index (χ4n) is 1.94. The highest BCUT2D eigenvalue weighted by molar-refractivity contribution is 5.96. The molecular weight excluding hydrogens is 264 g/mol. The van der Waals surface area contributed by atoms with Crippen LogP contribution in [-0.4, -0.2) is 43.5 Å². The molecule has 4 N–H and O–H groups in total. The van der Waals surface area contributed by atoms with E-state index in [-0.39, 0.29) is 5.91 Å². The number of hydrogen-bond donors (Lipinski definition) is 3. The van der Waals surface area contributed by atoms with Crippen LogP contribution in [0.15, 0.2) is 18.2 Å². The summed E-state index contributed by atoms with van der Waals surface area (Å²) in [4.78, 5) is 14.0. The maximum atomic E-state index is 11.7. The number of carbonyl (C=O) groups is 1. The van der Waals surface area contributed by atoms with E-state index < -0.39 is 0 Å². The SMILES string of the molecule is CCNC(=O)c1ccc(NCCCN(C)C(C)C)c(N)c1. The third kappa shape index (κ3) is 5.63. The van der Waals surface area contributed by atoms with Gasteiger partial charge in [0.05, 0.1) is 11.4 Å². The van der Waals surface area contributed by atoms with Gasteiger partial charge < -0.3 is 21.3 Å². The molecule has 118 valence electrons. The molecule has 0 aliphatic heterocycles. The van der Waals surface area contributed by atoms with Crippen molar-refractivity contribution in [1.29, 1.82) is 0 Å². The van der Waals surface area contributed by atoms with Gasteiger partial charge in [-0.2, -0.15) is 0 Å². The minimum absolute atomic E-state index is 0.0886. The number of benzene rings is 1. The monoisotopic (exact) mass is 292 g/mol. The molecule has 0 bridgehead atoms. The summed E-state index contributed by atoms with van der Waals surface area (Å²) in [5, 5.41) is 6.09. The van der Waals surface area contributed by atoms with Crippen LogP contribution >= 0.6 is 0 Å². The highest BCUT2D eigenvalue weighted by Crippen LogP contribution is 2.19. The number of nitrogens with two attached hydrogens (primary N) is 1. The van der Waals surface area contributed by atoms with Gasteiger partial charge in [0.2, 0.25) is 0 Å². The van der Waals surface area contributed by atoms with Gasteiger partial charge in [-0.05, 0) is 59.0 Å². The quantitative estimate of drug-likeness (QED) is 0.507. The van der Waals surface area contributed by atoms with Crippen molar-refractivity contribution in [2.24, 2.45) is 0 Å². The normalized spacial score (nSPS) is 11.0. The number of anilines is 2. The first kappa shape index (κ1) is 17.3. The van der Waals surface area contributed by atoms with Gasteiger partial charge in [-0.3, -0.25) is 4.79 Å². The zero-order valence-corrected chi connectivity index (χ0v) is 13.6. The number of hydrogen-bond acceptors (Lipinski definition) is 4. The molecule has 0 fully saturated rings. The molecule has 0 saturated carbocycles. The molecular formula is C16H28N4O. The molecule has 0 aliphatic rings. The summed E-state index contributed by atoms with van der Waals surface area (Å²) < 4.78 is 0. The first-order chi connectivity index (χ1) is 9.95. The third-order valence-electron chi connectivity index (χ3n) is 3.54. The molecule has 0 aliphatic carbocycles. The maximum absolute atomic E-state index is 11.7. The van der Waals surface area contributed by atoms with E-state index in [4.69, 9.17) is 5.73 Å². The van der Waals surface area contributed by atoms with E-state index >= 15 is 0 Å². The van der Waals surface area contributed by atoms with Crippen molar-refractivity contribution in [3.63, 3.8) is 0 Å². The van der Waals surface area contributed by atoms with E-state index in [2.05, 4.69) is 36.4 Å². The average molecular weight is 292 g/mol. The summed E-state index contributed by atoms with van der Waals surface area (Å²) in [6.07, 6.45) is 1.05. The summed E-state index contributed by atoms with van der Waals surface area (Å²) in [5.74, 6) is -0.0886. The van der Waals surface area contributed by atoms with Crippen molar-refractivity contribution in [1.82, 2.24) is 10.2 Å². The highest BCUT2D eigenvalue weighted by Gasteiger charge is 2.07. The molecule has 21 heavy (non-hydrogen) atoms. The molecule has 1 aromatic carbocycles. The van der Waals surface area contributed by atoms with E-state index in [1.54, 1.807) is 12.1 Å². The summed E-state index contributed by atoms with van der Waals surface area (Å²) in [7, 11) is 2.13. The van der Waals surface area contributed by atoms with Crippen molar-refractivity contribution in [3.8, 4) is 0 Å². The Bertz CT molecular complexity index is 460. The average Bonchev–Trinajstić information content (AvgIpc) is 2.44. The first-order valence-corrected chi connectivity index (χ1v) is 7.57. The van der Waals surface area contributed by atoms with Crippen molar-refractivity contribution >= 4 is 17.3 Å². The molecule has 1 amide bonds. The highest BCUT2D eigenvalue weighted by atomic mass is 16.1. The Hall–Kier alpha value is -1.75. The summed E-state index contributed by atoms with van der Waals surface area (Å²) in [5.41, 5.74) is 8.08. The molecule has 1 rings (SSSR count). The Morgan fingerprint density at radius 2 is 2.10 bits per heavy atom. The summed E-state index contributed by atoms with van der Waals surface area (Å²) >= 11 is 0. The zero-order chi connectivity index (χ0) is 15.8. The number of nitrogens with one attached hydrogen (secondary N) is 2. The van der Waals surface area contributed by atoms with Gasteiger partial charge in [0.15, 0.2) is 0 Å². The second-order valence-corrected chi connectivity index (χ2v) is 5.52. The molecule has 0 radical (unpaired) electrons.